The first-order valence-corrected chi connectivity index (χ1v) is 8.55. The molecule has 2 N–H and O–H groups in total. The van der Waals surface area contributed by atoms with Crippen LogP contribution in [0.2, 0.25) is 0 Å². The summed E-state index contributed by atoms with van der Waals surface area (Å²) in [6.45, 7) is 3.22. The molecule has 8 heteroatoms. The zero-order valence-electron chi connectivity index (χ0n) is 12.3. The Morgan fingerprint density at radius 2 is 2.10 bits per heavy atom. The van der Waals surface area contributed by atoms with E-state index in [2.05, 4.69) is 9.82 Å². The second-order valence-electron chi connectivity index (χ2n) is 5.53. The van der Waals surface area contributed by atoms with Crippen molar-refractivity contribution in [2.24, 2.45) is 5.92 Å². The number of carboxylic acids is 1. The van der Waals surface area contributed by atoms with E-state index in [1.807, 2.05) is 0 Å². The van der Waals surface area contributed by atoms with E-state index in [-0.39, 0.29) is 11.4 Å². The van der Waals surface area contributed by atoms with Gasteiger partial charge in [0.05, 0.1) is 11.4 Å². The molecule has 7 nitrogen and oxygen atoms in total. The largest absolute Gasteiger partial charge is 0.480 e. The molecule has 0 atom stereocenters. The molecule has 21 heavy (non-hydrogen) atoms. The van der Waals surface area contributed by atoms with Crippen molar-refractivity contribution in [1.82, 2.24) is 14.5 Å². The molecule has 0 aromatic carbocycles. The molecule has 2 rings (SSSR count). The number of nitrogens with zero attached hydrogens (tertiary/aromatic N) is 2. The number of rotatable bonds is 7. The molecule has 1 aliphatic rings. The SMILES string of the molecule is Cc1nn(CC(=O)O)c(C)c1S(=O)(=O)NCCC1CCC1. The van der Waals surface area contributed by atoms with Crippen LogP contribution in [0.5, 0.6) is 0 Å². The molecule has 0 aliphatic heterocycles. The second kappa shape index (κ2) is 6.15. The van der Waals surface area contributed by atoms with Gasteiger partial charge in [-0.3, -0.25) is 9.48 Å². The number of sulfonamides is 1. The monoisotopic (exact) mass is 315 g/mol. The van der Waals surface area contributed by atoms with Crippen LogP contribution in [0.1, 0.15) is 37.1 Å². The van der Waals surface area contributed by atoms with Gasteiger partial charge in [0.1, 0.15) is 11.4 Å². The van der Waals surface area contributed by atoms with Gasteiger partial charge in [-0.2, -0.15) is 5.10 Å². The Morgan fingerprint density at radius 3 is 2.62 bits per heavy atom. The van der Waals surface area contributed by atoms with Crippen LogP contribution >= 0.6 is 0 Å². The van der Waals surface area contributed by atoms with Crippen LogP contribution in [0, 0.1) is 19.8 Å². The van der Waals surface area contributed by atoms with E-state index < -0.39 is 16.0 Å². The summed E-state index contributed by atoms with van der Waals surface area (Å²) >= 11 is 0. The summed E-state index contributed by atoms with van der Waals surface area (Å²) in [6.07, 6.45) is 4.44. The summed E-state index contributed by atoms with van der Waals surface area (Å²) in [5.41, 5.74) is 0.677. The van der Waals surface area contributed by atoms with E-state index in [1.54, 1.807) is 13.8 Å². The standard InChI is InChI=1S/C13H21N3O4S/c1-9-13(10(2)16(15-9)8-12(17)18)21(19,20)14-7-6-11-4-3-5-11/h11,14H,3-8H2,1-2H3,(H,17,18). The van der Waals surface area contributed by atoms with Gasteiger partial charge in [-0.1, -0.05) is 19.3 Å². The summed E-state index contributed by atoms with van der Waals surface area (Å²) in [6, 6.07) is 0. The molecule has 0 unspecified atom stereocenters. The molecule has 0 amide bonds. The maximum atomic E-state index is 12.3. The summed E-state index contributed by atoms with van der Waals surface area (Å²) in [5.74, 6) is -0.424. The Hall–Kier alpha value is -1.41. The molecule has 0 spiro atoms. The van der Waals surface area contributed by atoms with E-state index in [0.29, 0.717) is 23.9 Å². The van der Waals surface area contributed by atoms with Gasteiger partial charge in [0.15, 0.2) is 0 Å². The molecule has 0 bridgehead atoms. The van der Waals surface area contributed by atoms with E-state index in [1.165, 1.54) is 23.9 Å². The lowest BCUT2D eigenvalue weighted by Gasteiger charge is -2.25. The fraction of sp³-hybridized carbons (Fsp3) is 0.692. The number of nitrogens with one attached hydrogen (secondary N) is 1. The van der Waals surface area contributed by atoms with Crippen molar-refractivity contribution in [3.8, 4) is 0 Å². The summed E-state index contributed by atoms with van der Waals surface area (Å²) < 4.78 is 28.5. The lowest BCUT2D eigenvalue weighted by Crippen LogP contribution is -2.28. The molecule has 1 saturated carbocycles. The van der Waals surface area contributed by atoms with Crippen LogP contribution in [0.25, 0.3) is 0 Å². The Bertz CT molecular complexity index is 632. The number of carbonyl (C=O) groups is 1. The average molecular weight is 315 g/mol. The highest BCUT2D eigenvalue weighted by atomic mass is 32.2. The van der Waals surface area contributed by atoms with E-state index in [0.717, 1.165) is 6.42 Å². The van der Waals surface area contributed by atoms with Crippen LogP contribution in [-0.4, -0.2) is 35.8 Å². The van der Waals surface area contributed by atoms with E-state index >= 15 is 0 Å². The number of hydrogen-bond acceptors (Lipinski definition) is 4. The van der Waals surface area contributed by atoms with Crippen LogP contribution in [-0.2, 0) is 21.4 Å². The number of aryl methyl sites for hydroxylation is 1. The fourth-order valence-electron chi connectivity index (χ4n) is 2.60. The Kier molecular flexibility index (Phi) is 4.67. The Morgan fingerprint density at radius 1 is 1.43 bits per heavy atom. The molecule has 0 radical (unpaired) electrons. The minimum absolute atomic E-state index is 0.0948. The summed E-state index contributed by atoms with van der Waals surface area (Å²) in [4.78, 5) is 10.8. The number of hydrogen-bond donors (Lipinski definition) is 2. The normalized spacial score (nSPS) is 15.9. The van der Waals surface area contributed by atoms with E-state index in [9.17, 15) is 13.2 Å². The van der Waals surface area contributed by atoms with Gasteiger partial charge in [0.2, 0.25) is 10.0 Å². The lowest BCUT2D eigenvalue weighted by atomic mass is 9.83. The van der Waals surface area contributed by atoms with Crippen LogP contribution in [0.3, 0.4) is 0 Å². The van der Waals surface area contributed by atoms with Crippen LogP contribution < -0.4 is 4.72 Å². The summed E-state index contributed by atoms with van der Waals surface area (Å²) in [5, 5.41) is 12.8. The maximum Gasteiger partial charge on any atom is 0.325 e. The second-order valence-corrected chi connectivity index (χ2v) is 7.24. The third-order valence-corrected chi connectivity index (χ3v) is 5.65. The molecular weight excluding hydrogens is 294 g/mol. The molecule has 1 aliphatic carbocycles. The first-order valence-electron chi connectivity index (χ1n) is 7.06. The van der Waals surface area contributed by atoms with Gasteiger partial charge in [-0.25, -0.2) is 13.1 Å². The van der Waals surface area contributed by atoms with Crippen molar-refractivity contribution >= 4 is 16.0 Å². The third-order valence-electron chi connectivity index (χ3n) is 3.94. The number of carboxylic acid groups (broad SMARTS) is 1. The van der Waals surface area contributed by atoms with Crippen LogP contribution in [0.4, 0.5) is 0 Å². The zero-order chi connectivity index (χ0) is 15.6. The van der Waals surface area contributed by atoms with Gasteiger partial charge in [-0.15, -0.1) is 0 Å². The van der Waals surface area contributed by atoms with Crippen molar-refractivity contribution in [3.63, 3.8) is 0 Å². The quantitative estimate of drug-likeness (QED) is 0.783. The molecule has 1 aromatic heterocycles. The highest BCUT2D eigenvalue weighted by Gasteiger charge is 2.25. The molecule has 1 heterocycles. The zero-order valence-corrected chi connectivity index (χ0v) is 13.1. The van der Waals surface area contributed by atoms with Crippen molar-refractivity contribution in [2.45, 2.75) is 51.0 Å². The predicted molar refractivity (Wildman–Crippen MR) is 76.5 cm³/mol. The minimum Gasteiger partial charge on any atom is -0.480 e. The highest BCUT2D eigenvalue weighted by molar-refractivity contribution is 7.89. The van der Waals surface area contributed by atoms with Gasteiger partial charge < -0.3 is 5.11 Å². The summed E-state index contributed by atoms with van der Waals surface area (Å²) in [7, 11) is -3.64. The van der Waals surface area contributed by atoms with Crippen molar-refractivity contribution < 1.29 is 18.3 Å². The smallest absolute Gasteiger partial charge is 0.325 e. The third kappa shape index (κ3) is 3.62. The van der Waals surface area contributed by atoms with Gasteiger partial charge >= 0.3 is 5.97 Å². The molecule has 0 saturated heterocycles. The molecular formula is C13H21N3O4S. The minimum atomic E-state index is -3.64. The van der Waals surface area contributed by atoms with Crippen LogP contribution in [0.15, 0.2) is 4.90 Å². The molecule has 118 valence electrons. The molecule has 1 aromatic rings. The van der Waals surface area contributed by atoms with Gasteiger partial charge in [0, 0.05) is 6.54 Å². The van der Waals surface area contributed by atoms with Crippen molar-refractivity contribution in [3.05, 3.63) is 11.4 Å². The predicted octanol–water partition coefficient (Wildman–Crippen LogP) is 1.05. The number of aromatic nitrogens is 2. The maximum absolute atomic E-state index is 12.3. The highest BCUT2D eigenvalue weighted by Crippen LogP contribution is 2.29. The van der Waals surface area contributed by atoms with Gasteiger partial charge in [-0.05, 0) is 26.2 Å². The van der Waals surface area contributed by atoms with E-state index in [4.69, 9.17) is 5.11 Å². The topological polar surface area (TPSA) is 101 Å². The first kappa shape index (κ1) is 16.0. The molecule has 1 fully saturated rings. The number of aliphatic carboxylic acids is 1. The van der Waals surface area contributed by atoms with Crippen molar-refractivity contribution in [2.75, 3.05) is 6.54 Å². The average Bonchev–Trinajstić information content (AvgIpc) is 2.57. The first-order chi connectivity index (χ1) is 9.81. The Labute approximate surface area is 124 Å². The van der Waals surface area contributed by atoms with Crippen molar-refractivity contribution in [1.29, 1.82) is 0 Å². The Balaban J connectivity index is 2.10. The fourth-order valence-corrected chi connectivity index (χ4v) is 4.06. The van der Waals surface area contributed by atoms with Gasteiger partial charge in [0.25, 0.3) is 0 Å². The lowest BCUT2D eigenvalue weighted by molar-refractivity contribution is -0.137.